The minimum atomic E-state index is -2.13. The molecule has 0 radical (unpaired) electrons. The van der Waals surface area contributed by atoms with Crippen molar-refractivity contribution in [1.82, 2.24) is 0 Å². The number of aliphatic hydroxyl groups excluding tert-OH is 2. The number of rotatable bonds is 7. The minimum absolute atomic E-state index is 0.0712. The normalized spacial score (nSPS) is 36.5. The van der Waals surface area contributed by atoms with Crippen LogP contribution in [0.4, 0.5) is 0 Å². The molecule has 6 atom stereocenters. The average molecular weight is 339 g/mol. The molecule has 2 aliphatic heterocycles. The van der Waals surface area contributed by atoms with E-state index >= 15 is 0 Å². The number of fused-ring (bicyclic) bond motifs is 1. The van der Waals surface area contributed by atoms with Crippen molar-refractivity contribution in [2.24, 2.45) is 0 Å². The van der Waals surface area contributed by atoms with Crippen molar-refractivity contribution in [2.75, 3.05) is 27.4 Å². The lowest BCUT2D eigenvalue weighted by atomic mass is 9.82. The highest BCUT2D eigenvalue weighted by molar-refractivity contribution is 5.14. The van der Waals surface area contributed by atoms with Crippen molar-refractivity contribution in [1.29, 1.82) is 0 Å². The summed E-state index contributed by atoms with van der Waals surface area (Å²) >= 11 is 0. The van der Waals surface area contributed by atoms with Gasteiger partial charge in [-0.3, -0.25) is 0 Å². The van der Waals surface area contributed by atoms with Gasteiger partial charge in [-0.1, -0.05) is 0 Å². The summed E-state index contributed by atoms with van der Waals surface area (Å²) in [5, 5.41) is 40.7. The third-order valence-electron chi connectivity index (χ3n) is 4.39. The third kappa shape index (κ3) is 2.67. The van der Waals surface area contributed by atoms with Gasteiger partial charge in [-0.25, -0.2) is 0 Å². The minimum Gasteiger partial charge on any atom is -0.388 e. The quantitative estimate of drug-likeness (QED) is 0.265. The number of hydrogen-bond donors (Lipinski definition) is 3. The fraction of sp³-hybridized carbons (Fsp3) is 1.00. The molecule has 0 aromatic carbocycles. The summed E-state index contributed by atoms with van der Waals surface area (Å²) in [4.78, 5) is 14.8. The number of hydrogen-bond acceptors (Lipinski definition) is 10. The maximum atomic E-state index is 11.0. The molecule has 134 valence electrons. The Morgan fingerprint density at radius 1 is 1.39 bits per heavy atom. The van der Waals surface area contributed by atoms with Gasteiger partial charge in [0.1, 0.15) is 30.5 Å². The Hall–Kier alpha value is -1.08. The van der Waals surface area contributed by atoms with Gasteiger partial charge in [0, 0.05) is 14.2 Å². The van der Waals surface area contributed by atoms with Crippen LogP contribution in [0, 0.1) is 10.1 Å². The fourth-order valence-corrected chi connectivity index (χ4v) is 3.24. The largest absolute Gasteiger partial charge is 0.388 e. The first kappa shape index (κ1) is 18.3. The van der Waals surface area contributed by atoms with E-state index in [1.165, 1.54) is 6.92 Å². The van der Waals surface area contributed by atoms with Gasteiger partial charge in [-0.05, 0) is 6.92 Å². The topological polar surface area (TPSA) is 150 Å². The lowest BCUT2D eigenvalue weighted by molar-refractivity contribution is -0.771. The van der Waals surface area contributed by atoms with Crippen LogP contribution in [-0.4, -0.2) is 89.7 Å². The van der Waals surface area contributed by atoms with E-state index in [1.54, 1.807) is 0 Å². The summed E-state index contributed by atoms with van der Waals surface area (Å²) in [7, 11) is 2.31. The Morgan fingerprint density at radius 3 is 2.52 bits per heavy atom. The van der Waals surface area contributed by atoms with Crippen LogP contribution in [0.2, 0.25) is 0 Å². The summed E-state index contributed by atoms with van der Waals surface area (Å²) in [5.74, 6) is -2.13. The Balaban J connectivity index is 2.34. The van der Waals surface area contributed by atoms with E-state index in [0.717, 1.165) is 14.2 Å². The molecule has 0 saturated carbocycles. The van der Waals surface area contributed by atoms with Gasteiger partial charge in [0.15, 0.2) is 5.60 Å². The highest BCUT2D eigenvalue weighted by atomic mass is 17.0. The summed E-state index contributed by atoms with van der Waals surface area (Å²) in [6.07, 6.45) is -5.96. The van der Waals surface area contributed by atoms with Crippen molar-refractivity contribution < 1.29 is 44.2 Å². The van der Waals surface area contributed by atoms with Crippen LogP contribution in [0.5, 0.6) is 0 Å². The van der Waals surface area contributed by atoms with Crippen LogP contribution in [0.1, 0.15) is 6.92 Å². The second kappa shape index (κ2) is 6.43. The zero-order chi connectivity index (χ0) is 17.4. The molecule has 2 rings (SSSR count). The maximum Gasteiger partial charge on any atom is 0.294 e. The smallest absolute Gasteiger partial charge is 0.294 e. The second-order valence-corrected chi connectivity index (χ2v) is 5.58. The van der Waals surface area contributed by atoms with E-state index < -0.39 is 47.0 Å². The van der Waals surface area contributed by atoms with E-state index in [9.17, 15) is 25.4 Å². The summed E-state index contributed by atoms with van der Waals surface area (Å²) in [6.45, 7) is 0.781. The molecule has 23 heavy (non-hydrogen) atoms. The average Bonchev–Trinajstić information content (AvgIpc) is 3.03. The lowest BCUT2D eigenvalue weighted by Crippen LogP contribution is -2.71. The molecular formula is C12H21NO10. The highest BCUT2D eigenvalue weighted by Gasteiger charge is 2.69. The first-order valence-corrected chi connectivity index (χ1v) is 6.96. The van der Waals surface area contributed by atoms with E-state index in [-0.39, 0.29) is 13.2 Å². The number of nitrogens with zero attached hydrogens (tertiary/aromatic N) is 1. The van der Waals surface area contributed by atoms with Gasteiger partial charge in [0.05, 0.1) is 13.2 Å². The Labute approximate surface area is 131 Å². The number of methoxy groups -OCH3 is 2. The fourth-order valence-electron chi connectivity index (χ4n) is 3.24. The molecule has 0 bridgehead atoms. The predicted octanol–water partition coefficient (Wildman–Crippen LogP) is -2.18. The first-order valence-electron chi connectivity index (χ1n) is 6.96. The lowest BCUT2D eigenvalue weighted by Gasteiger charge is -2.47. The second-order valence-electron chi connectivity index (χ2n) is 5.58. The molecule has 0 amide bonds. The summed E-state index contributed by atoms with van der Waals surface area (Å²) < 4.78 is 21.1. The van der Waals surface area contributed by atoms with Crippen molar-refractivity contribution in [3.63, 3.8) is 0 Å². The third-order valence-corrected chi connectivity index (χ3v) is 4.39. The molecule has 2 aliphatic rings. The van der Waals surface area contributed by atoms with E-state index in [2.05, 4.69) is 4.84 Å². The molecule has 11 heteroatoms. The summed E-state index contributed by atoms with van der Waals surface area (Å²) in [5.41, 5.74) is -2.02. The molecule has 11 nitrogen and oxygen atoms in total. The van der Waals surface area contributed by atoms with Gasteiger partial charge in [0.25, 0.3) is 5.09 Å². The zero-order valence-electron chi connectivity index (χ0n) is 12.9. The molecule has 2 saturated heterocycles. The monoisotopic (exact) mass is 339 g/mol. The highest BCUT2D eigenvalue weighted by Crippen LogP contribution is 2.44. The van der Waals surface area contributed by atoms with Gasteiger partial charge >= 0.3 is 0 Å². The molecule has 2 fully saturated rings. The van der Waals surface area contributed by atoms with Crippen LogP contribution >= 0.6 is 0 Å². The van der Waals surface area contributed by atoms with Gasteiger partial charge in [-0.15, -0.1) is 10.1 Å². The van der Waals surface area contributed by atoms with Crippen LogP contribution in [-0.2, 0) is 23.8 Å². The molecule has 2 heterocycles. The van der Waals surface area contributed by atoms with Crippen LogP contribution in [0.3, 0.4) is 0 Å². The van der Waals surface area contributed by atoms with Crippen LogP contribution < -0.4 is 0 Å². The van der Waals surface area contributed by atoms with Crippen molar-refractivity contribution in [2.45, 2.75) is 48.8 Å². The molecule has 2 unspecified atom stereocenters. The van der Waals surface area contributed by atoms with Crippen LogP contribution in [0.25, 0.3) is 0 Å². The Bertz CT molecular complexity index is 444. The van der Waals surface area contributed by atoms with E-state index in [1.807, 2.05) is 0 Å². The molecule has 0 aromatic rings. The molecule has 0 spiro atoms. The SMILES string of the molecule is COC(OC)(C(O)C(C)O[N+](=O)[O-])[C@]1(O)CO[C@@H]2[C@@H](O)CO[C@@H]21. The maximum absolute atomic E-state index is 11.0. The van der Waals surface area contributed by atoms with Gasteiger partial charge < -0.3 is 39.1 Å². The van der Waals surface area contributed by atoms with Crippen molar-refractivity contribution >= 4 is 0 Å². The van der Waals surface area contributed by atoms with Crippen LogP contribution in [0.15, 0.2) is 0 Å². The number of ether oxygens (including phenoxy) is 4. The zero-order valence-corrected chi connectivity index (χ0v) is 12.9. The molecular weight excluding hydrogens is 318 g/mol. The van der Waals surface area contributed by atoms with E-state index in [4.69, 9.17) is 18.9 Å². The van der Waals surface area contributed by atoms with Crippen molar-refractivity contribution in [3.05, 3.63) is 10.1 Å². The Kier molecular flexibility index (Phi) is 5.11. The van der Waals surface area contributed by atoms with E-state index in [0.29, 0.717) is 0 Å². The summed E-state index contributed by atoms with van der Waals surface area (Å²) in [6, 6.07) is 0. The first-order chi connectivity index (χ1) is 10.7. The molecule has 3 N–H and O–H groups in total. The molecule has 0 aliphatic carbocycles. The molecule has 0 aromatic heterocycles. The van der Waals surface area contributed by atoms with Crippen molar-refractivity contribution in [3.8, 4) is 0 Å². The standard InChI is InChI=1S/C12H21NO10/c1-6(23-13(17)18)9(15)12(19-2,20-3)11(16)5-22-8-7(14)4-21-10(8)11/h6-10,14-16H,4-5H2,1-3H3/t6?,7-,8+,9?,10-,11-/m0/s1. The van der Waals surface area contributed by atoms with Gasteiger partial charge in [0.2, 0.25) is 5.79 Å². The number of aliphatic hydroxyl groups is 3. The van der Waals surface area contributed by atoms with Gasteiger partial charge in [-0.2, -0.15) is 0 Å². The predicted molar refractivity (Wildman–Crippen MR) is 70.7 cm³/mol. The Morgan fingerprint density at radius 2 is 2.00 bits per heavy atom.